The lowest BCUT2D eigenvalue weighted by atomic mass is 9.92. The highest BCUT2D eigenvalue weighted by atomic mass is 14.9. The monoisotopic (exact) mass is 528 g/mol. The summed E-state index contributed by atoms with van der Waals surface area (Å²) in [5, 5.41) is 0. The first-order valence-electron chi connectivity index (χ1n) is 14.1. The average molecular weight is 529 g/mol. The Labute approximate surface area is 242 Å². The van der Waals surface area contributed by atoms with Gasteiger partial charge in [0.05, 0.1) is 5.70 Å². The average Bonchev–Trinajstić information content (AvgIpc) is 3.19. The third kappa shape index (κ3) is 5.92. The number of rotatable bonds is 5. The van der Waals surface area contributed by atoms with Crippen molar-refractivity contribution in [1.82, 2.24) is 0 Å². The lowest BCUT2D eigenvalue weighted by molar-refractivity contribution is 0.965. The van der Waals surface area contributed by atoms with Gasteiger partial charge >= 0.3 is 0 Å². The Morgan fingerprint density at radius 1 is 0.561 bits per heavy atom. The number of nitrogens with zero attached hydrogens (tertiary/aromatic N) is 2. The molecule has 0 saturated carbocycles. The highest BCUT2D eigenvalue weighted by molar-refractivity contribution is 6.12. The first kappa shape index (κ1) is 26.2. The van der Waals surface area contributed by atoms with Gasteiger partial charge in [-0.25, -0.2) is 9.98 Å². The van der Waals surface area contributed by atoms with Crippen molar-refractivity contribution in [3.05, 3.63) is 185 Å². The Kier molecular flexibility index (Phi) is 7.64. The van der Waals surface area contributed by atoms with E-state index >= 15 is 0 Å². The van der Waals surface area contributed by atoms with Gasteiger partial charge in [-0.05, 0) is 70.4 Å². The minimum absolute atomic E-state index is 0.648. The lowest BCUT2D eigenvalue weighted by Crippen LogP contribution is -2.04. The minimum Gasteiger partial charge on any atom is -0.233 e. The molecule has 2 nitrogen and oxygen atoms in total. The van der Waals surface area contributed by atoms with E-state index in [-0.39, 0.29) is 0 Å². The van der Waals surface area contributed by atoms with Crippen molar-refractivity contribution < 1.29 is 0 Å². The number of benzene rings is 5. The fourth-order valence-corrected chi connectivity index (χ4v) is 5.35. The molecule has 2 heteroatoms. The molecule has 0 aromatic heterocycles. The van der Waals surface area contributed by atoms with Crippen molar-refractivity contribution in [2.24, 2.45) is 9.98 Å². The van der Waals surface area contributed by atoms with Crippen molar-refractivity contribution in [2.45, 2.75) is 19.8 Å². The van der Waals surface area contributed by atoms with Gasteiger partial charge in [-0.1, -0.05) is 140 Å². The Morgan fingerprint density at radius 2 is 1.07 bits per heavy atom. The lowest BCUT2D eigenvalue weighted by Gasteiger charge is -2.12. The Balaban J connectivity index is 1.34. The molecule has 0 unspecified atom stereocenters. The molecule has 0 spiro atoms. The van der Waals surface area contributed by atoms with Gasteiger partial charge < -0.3 is 0 Å². The van der Waals surface area contributed by atoms with Crippen molar-refractivity contribution in [1.29, 1.82) is 0 Å². The van der Waals surface area contributed by atoms with Gasteiger partial charge in [0.15, 0.2) is 5.84 Å². The molecule has 1 aliphatic carbocycles. The molecule has 0 atom stereocenters. The first-order valence-corrected chi connectivity index (χ1v) is 14.1. The van der Waals surface area contributed by atoms with Crippen LogP contribution in [0, 0.1) is 0 Å². The van der Waals surface area contributed by atoms with Gasteiger partial charge in [0, 0.05) is 11.3 Å². The first-order chi connectivity index (χ1) is 20.2. The number of fused-ring (bicyclic) bond motifs is 2. The fraction of sp³-hybridized carbons (Fsp3) is 0.0769. The van der Waals surface area contributed by atoms with Crippen molar-refractivity contribution >= 4 is 28.9 Å². The highest BCUT2D eigenvalue weighted by Crippen LogP contribution is 2.35. The molecular weight excluding hydrogens is 496 g/mol. The summed E-state index contributed by atoms with van der Waals surface area (Å²) in [4.78, 5) is 9.84. The van der Waals surface area contributed by atoms with Crippen molar-refractivity contribution in [2.75, 3.05) is 0 Å². The maximum atomic E-state index is 4.99. The zero-order valence-corrected chi connectivity index (χ0v) is 23.3. The third-order valence-electron chi connectivity index (χ3n) is 7.57. The maximum absolute atomic E-state index is 4.99. The van der Waals surface area contributed by atoms with Crippen molar-refractivity contribution in [3.8, 4) is 0 Å². The highest BCUT2D eigenvalue weighted by Gasteiger charge is 2.17. The summed E-state index contributed by atoms with van der Waals surface area (Å²) in [6.07, 6.45) is 4.43. The summed E-state index contributed by atoms with van der Waals surface area (Å²) in [7, 11) is 0. The Hall–Kier alpha value is -5.08. The van der Waals surface area contributed by atoms with E-state index in [4.69, 9.17) is 9.98 Å². The van der Waals surface area contributed by atoms with E-state index in [9.17, 15) is 0 Å². The number of hydrogen-bond acceptors (Lipinski definition) is 1. The molecule has 198 valence electrons. The van der Waals surface area contributed by atoms with Crippen LogP contribution in [0.15, 0.2) is 150 Å². The molecular formula is C39H32N2. The van der Waals surface area contributed by atoms with Crippen LogP contribution in [0.25, 0.3) is 17.3 Å². The predicted octanol–water partition coefficient (Wildman–Crippen LogP) is 9.30. The van der Waals surface area contributed by atoms with Crippen LogP contribution in [0.2, 0.25) is 0 Å². The van der Waals surface area contributed by atoms with E-state index < -0.39 is 0 Å². The molecule has 6 rings (SSSR count). The van der Waals surface area contributed by atoms with E-state index in [1.165, 1.54) is 27.8 Å². The fourth-order valence-electron chi connectivity index (χ4n) is 5.35. The topological polar surface area (TPSA) is 24.7 Å². The maximum Gasteiger partial charge on any atom is 0.160 e. The second kappa shape index (κ2) is 12.0. The van der Waals surface area contributed by atoms with Gasteiger partial charge in [-0.3, -0.25) is 0 Å². The molecule has 5 aromatic rings. The molecule has 0 heterocycles. The standard InChI is InChI=1S/C39H32N2/c1-28(31-13-5-3-6-14-31)40-39(35-17-7-4-8-18-35)41-29(2)32-23-21-30(22-24-32)27-38-36-19-11-9-15-33(36)25-26-34-16-10-12-20-37(34)38/h3-24,27H,1,25-26H2,2H3. The van der Waals surface area contributed by atoms with Crippen LogP contribution in [0.1, 0.15) is 51.4 Å². The third-order valence-corrected chi connectivity index (χ3v) is 7.57. The SMILES string of the molecule is C=C(N=C(N=C(C)c1ccc(C=C2c3ccccc3CCc3ccccc32)cc1)c1ccccc1)c1ccccc1. The minimum atomic E-state index is 0.648. The predicted molar refractivity (Wildman–Crippen MR) is 174 cm³/mol. The summed E-state index contributed by atoms with van der Waals surface area (Å²) in [6, 6.07) is 46.4. The molecule has 0 fully saturated rings. The smallest absolute Gasteiger partial charge is 0.160 e. The molecule has 0 amide bonds. The summed E-state index contributed by atoms with van der Waals surface area (Å²) in [6.45, 7) is 6.25. The largest absolute Gasteiger partial charge is 0.233 e. The number of aliphatic imine (C=N–C) groups is 2. The van der Waals surface area contributed by atoms with Gasteiger partial charge in [-0.2, -0.15) is 0 Å². The van der Waals surface area contributed by atoms with Crippen LogP contribution in [0.3, 0.4) is 0 Å². The molecule has 0 radical (unpaired) electrons. The Bertz CT molecular complexity index is 1720. The van der Waals surface area contributed by atoms with Crippen LogP contribution in [0.5, 0.6) is 0 Å². The molecule has 5 aromatic carbocycles. The van der Waals surface area contributed by atoms with Gasteiger partial charge in [0.2, 0.25) is 0 Å². The quantitative estimate of drug-likeness (QED) is 0.160. The molecule has 0 N–H and O–H groups in total. The number of hydrogen-bond donors (Lipinski definition) is 0. The van der Waals surface area contributed by atoms with Crippen LogP contribution < -0.4 is 0 Å². The molecule has 0 aliphatic heterocycles. The summed E-state index contributed by atoms with van der Waals surface area (Å²) < 4.78 is 0. The molecule has 0 bridgehead atoms. The number of aryl methyl sites for hydroxylation is 2. The van der Waals surface area contributed by atoms with Crippen LogP contribution >= 0.6 is 0 Å². The zero-order chi connectivity index (χ0) is 28.0. The second-order valence-corrected chi connectivity index (χ2v) is 10.3. The van der Waals surface area contributed by atoms with E-state index in [2.05, 4.69) is 85.5 Å². The number of amidine groups is 1. The van der Waals surface area contributed by atoms with Crippen LogP contribution in [0.4, 0.5) is 0 Å². The summed E-state index contributed by atoms with van der Waals surface area (Å²) in [5.41, 5.74) is 12.5. The normalized spacial score (nSPS) is 13.1. The Morgan fingerprint density at radius 3 is 1.66 bits per heavy atom. The van der Waals surface area contributed by atoms with Gasteiger partial charge in [-0.15, -0.1) is 0 Å². The van der Waals surface area contributed by atoms with Gasteiger partial charge in [0.25, 0.3) is 0 Å². The van der Waals surface area contributed by atoms with E-state index in [1.807, 2.05) is 67.6 Å². The van der Waals surface area contributed by atoms with Crippen LogP contribution in [-0.2, 0) is 12.8 Å². The summed E-state index contributed by atoms with van der Waals surface area (Å²) in [5.74, 6) is 0.648. The van der Waals surface area contributed by atoms with E-state index in [1.54, 1.807) is 0 Å². The van der Waals surface area contributed by atoms with Gasteiger partial charge in [0.1, 0.15) is 0 Å². The molecule has 1 aliphatic rings. The zero-order valence-electron chi connectivity index (χ0n) is 23.3. The summed E-state index contributed by atoms with van der Waals surface area (Å²) >= 11 is 0. The van der Waals surface area contributed by atoms with Crippen LogP contribution in [-0.4, -0.2) is 11.5 Å². The second-order valence-electron chi connectivity index (χ2n) is 10.3. The van der Waals surface area contributed by atoms with E-state index in [0.29, 0.717) is 11.5 Å². The van der Waals surface area contributed by atoms with E-state index in [0.717, 1.165) is 40.8 Å². The van der Waals surface area contributed by atoms with Crippen molar-refractivity contribution in [3.63, 3.8) is 0 Å². The molecule has 41 heavy (non-hydrogen) atoms. The molecule has 0 saturated heterocycles.